The van der Waals surface area contributed by atoms with Crippen molar-refractivity contribution in [2.75, 3.05) is 6.61 Å². The third kappa shape index (κ3) is 11.7. The van der Waals surface area contributed by atoms with Gasteiger partial charge >= 0.3 is 11.9 Å². The van der Waals surface area contributed by atoms with Crippen LogP contribution in [0.2, 0.25) is 0 Å². The Labute approximate surface area is 116 Å². The zero-order valence-electron chi connectivity index (χ0n) is 12.9. The first kappa shape index (κ1) is 17.9. The van der Waals surface area contributed by atoms with E-state index in [1.54, 1.807) is 0 Å². The molecule has 0 aliphatic heterocycles. The van der Waals surface area contributed by atoms with Crippen molar-refractivity contribution in [2.24, 2.45) is 11.8 Å². The van der Waals surface area contributed by atoms with Gasteiger partial charge in [0.2, 0.25) is 0 Å². The van der Waals surface area contributed by atoms with Crippen molar-refractivity contribution >= 4 is 11.9 Å². The second-order valence-corrected chi connectivity index (χ2v) is 5.86. The van der Waals surface area contributed by atoms with Crippen molar-refractivity contribution in [1.82, 2.24) is 0 Å². The van der Waals surface area contributed by atoms with Crippen LogP contribution in [-0.4, -0.2) is 24.6 Å². The third-order valence-corrected chi connectivity index (χ3v) is 2.48. The van der Waals surface area contributed by atoms with Gasteiger partial charge in [-0.15, -0.1) is 0 Å². The van der Waals surface area contributed by atoms with Gasteiger partial charge in [-0.1, -0.05) is 27.7 Å². The largest absolute Gasteiger partial charge is 0.465 e. The number of rotatable bonds is 9. The van der Waals surface area contributed by atoms with Gasteiger partial charge in [0, 0.05) is 12.8 Å². The van der Waals surface area contributed by atoms with E-state index in [0.29, 0.717) is 24.9 Å². The maximum Gasteiger partial charge on any atom is 0.306 e. The quantitative estimate of drug-likeness (QED) is 0.604. The summed E-state index contributed by atoms with van der Waals surface area (Å²) in [6.45, 7) is 10.5. The second-order valence-electron chi connectivity index (χ2n) is 5.86. The monoisotopic (exact) mass is 272 g/mol. The van der Waals surface area contributed by atoms with Crippen molar-refractivity contribution in [2.45, 2.75) is 66.4 Å². The number of esters is 2. The summed E-state index contributed by atoms with van der Waals surface area (Å²) in [6, 6.07) is 0. The molecule has 0 rings (SSSR count). The summed E-state index contributed by atoms with van der Waals surface area (Å²) in [4.78, 5) is 22.8. The minimum Gasteiger partial charge on any atom is -0.465 e. The molecule has 4 nitrogen and oxygen atoms in total. The Morgan fingerprint density at radius 1 is 0.895 bits per heavy atom. The Morgan fingerprint density at radius 3 is 2.00 bits per heavy atom. The fourth-order valence-electron chi connectivity index (χ4n) is 1.70. The van der Waals surface area contributed by atoms with E-state index in [2.05, 4.69) is 13.8 Å². The van der Waals surface area contributed by atoms with Gasteiger partial charge in [-0.05, 0) is 31.6 Å². The molecule has 0 aromatic rings. The molecule has 19 heavy (non-hydrogen) atoms. The van der Waals surface area contributed by atoms with Gasteiger partial charge in [0.1, 0.15) is 0 Å². The molecule has 0 fully saturated rings. The number of ether oxygens (including phenoxy) is 2. The molecule has 0 aliphatic rings. The fourth-order valence-corrected chi connectivity index (χ4v) is 1.70. The first-order chi connectivity index (χ1) is 8.81. The van der Waals surface area contributed by atoms with Crippen molar-refractivity contribution in [3.05, 3.63) is 0 Å². The van der Waals surface area contributed by atoms with E-state index < -0.39 is 0 Å². The Morgan fingerprint density at radius 2 is 1.47 bits per heavy atom. The molecule has 0 amide bonds. The molecule has 0 spiro atoms. The van der Waals surface area contributed by atoms with Gasteiger partial charge in [0.05, 0.1) is 12.7 Å². The topological polar surface area (TPSA) is 52.6 Å². The van der Waals surface area contributed by atoms with E-state index in [1.807, 2.05) is 20.8 Å². The van der Waals surface area contributed by atoms with Crippen molar-refractivity contribution in [1.29, 1.82) is 0 Å². The fraction of sp³-hybridized carbons (Fsp3) is 0.867. The second kappa shape index (κ2) is 9.82. The third-order valence-electron chi connectivity index (χ3n) is 2.48. The average molecular weight is 272 g/mol. The lowest BCUT2D eigenvalue weighted by atomic mass is 10.1. The van der Waals surface area contributed by atoms with Crippen molar-refractivity contribution < 1.29 is 19.1 Å². The highest BCUT2D eigenvalue weighted by molar-refractivity contribution is 5.72. The van der Waals surface area contributed by atoms with Crippen LogP contribution in [0.1, 0.15) is 60.3 Å². The highest BCUT2D eigenvalue weighted by atomic mass is 16.5. The number of hydrogen-bond acceptors (Lipinski definition) is 4. The van der Waals surface area contributed by atoms with Gasteiger partial charge in [-0.2, -0.15) is 0 Å². The van der Waals surface area contributed by atoms with Crippen LogP contribution < -0.4 is 0 Å². The molecule has 112 valence electrons. The van der Waals surface area contributed by atoms with Gasteiger partial charge < -0.3 is 9.47 Å². The molecule has 0 heterocycles. The molecular formula is C15H28O4. The van der Waals surface area contributed by atoms with Crippen LogP contribution in [0.4, 0.5) is 0 Å². The van der Waals surface area contributed by atoms with Crippen LogP contribution in [-0.2, 0) is 19.1 Å². The normalized spacial score (nSPS) is 12.6. The Kier molecular flexibility index (Phi) is 9.27. The molecule has 1 atom stereocenters. The summed E-state index contributed by atoms with van der Waals surface area (Å²) in [6.07, 6.45) is 1.85. The number of hydrogen-bond donors (Lipinski definition) is 0. The predicted octanol–water partition coefficient (Wildman–Crippen LogP) is 3.33. The predicted molar refractivity (Wildman–Crippen MR) is 74.7 cm³/mol. The highest BCUT2D eigenvalue weighted by Crippen LogP contribution is 2.09. The molecule has 0 aromatic carbocycles. The summed E-state index contributed by atoms with van der Waals surface area (Å²) < 4.78 is 10.3. The van der Waals surface area contributed by atoms with Gasteiger partial charge in [0.15, 0.2) is 0 Å². The summed E-state index contributed by atoms with van der Waals surface area (Å²) in [7, 11) is 0. The maximum atomic E-state index is 11.5. The summed E-state index contributed by atoms with van der Waals surface area (Å²) in [5.74, 6) is 0.376. The molecule has 0 saturated carbocycles. The lowest BCUT2D eigenvalue weighted by molar-refractivity contribution is -0.149. The standard InChI is InChI=1S/C15H28O4/c1-11(2)9-13(5)19-15(17)8-6-7-14(16)18-10-12(3)4/h11-13H,6-10H2,1-5H3. The van der Waals surface area contributed by atoms with E-state index in [-0.39, 0.29) is 30.9 Å². The molecule has 4 heteroatoms. The van der Waals surface area contributed by atoms with Crippen molar-refractivity contribution in [3.63, 3.8) is 0 Å². The van der Waals surface area contributed by atoms with E-state index in [9.17, 15) is 9.59 Å². The van der Waals surface area contributed by atoms with E-state index in [0.717, 1.165) is 6.42 Å². The van der Waals surface area contributed by atoms with Crippen LogP contribution in [0, 0.1) is 11.8 Å². The van der Waals surface area contributed by atoms with Crippen molar-refractivity contribution in [3.8, 4) is 0 Å². The first-order valence-electron chi connectivity index (χ1n) is 7.16. The van der Waals surface area contributed by atoms with Crippen LogP contribution in [0.15, 0.2) is 0 Å². The molecule has 0 saturated heterocycles. The average Bonchev–Trinajstić information content (AvgIpc) is 2.24. The highest BCUT2D eigenvalue weighted by Gasteiger charge is 2.12. The van der Waals surface area contributed by atoms with Crippen LogP contribution in [0.3, 0.4) is 0 Å². The van der Waals surface area contributed by atoms with Gasteiger partial charge in [-0.25, -0.2) is 0 Å². The minimum absolute atomic E-state index is 0.0552. The Bertz CT molecular complexity index is 271. The summed E-state index contributed by atoms with van der Waals surface area (Å²) in [5, 5.41) is 0. The lowest BCUT2D eigenvalue weighted by Gasteiger charge is -2.15. The summed E-state index contributed by atoms with van der Waals surface area (Å²) >= 11 is 0. The Balaban J connectivity index is 3.65. The first-order valence-corrected chi connectivity index (χ1v) is 7.16. The zero-order chi connectivity index (χ0) is 14.8. The maximum absolute atomic E-state index is 11.5. The van der Waals surface area contributed by atoms with Gasteiger partial charge in [0.25, 0.3) is 0 Å². The van der Waals surface area contributed by atoms with E-state index in [4.69, 9.17) is 9.47 Å². The molecule has 0 bridgehead atoms. The molecule has 0 radical (unpaired) electrons. The molecule has 0 aromatic heterocycles. The number of carbonyl (C=O) groups excluding carboxylic acids is 2. The zero-order valence-corrected chi connectivity index (χ0v) is 12.9. The molecule has 0 aliphatic carbocycles. The van der Waals surface area contributed by atoms with E-state index in [1.165, 1.54) is 0 Å². The SMILES string of the molecule is CC(C)COC(=O)CCCC(=O)OC(C)CC(C)C. The molecule has 0 N–H and O–H groups in total. The smallest absolute Gasteiger partial charge is 0.306 e. The molecule has 1 unspecified atom stereocenters. The van der Waals surface area contributed by atoms with Crippen LogP contribution >= 0.6 is 0 Å². The van der Waals surface area contributed by atoms with E-state index >= 15 is 0 Å². The lowest BCUT2D eigenvalue weighted by Crippen LogP contribution is -2.17. The minimum atomic E-state index is -0.239. The van der Waals surface area contributed by atoms with Crippen LogP contribution in [0.5, 0.6) is 0 Å². The number of carbonyl (C=O) groups is 2. The molecular weight excluding hydrogens is 244 g/mol. The van der Waals surface area contributed by atoms with Gasteiger partial charge in [-0.3, -0.25) is 9.59 Å². The Hall–Kier alpha value is -1.06. The summed E-state index contributed by atoms with van der Waals surface area (Å²) in [5.41, 5.74) is 0. The van der Waals surface area contributed by atoms with Crippen LogP contribution in [0.25, 0.3) is 0 Å².